The van der Waals surface area contributed by atoms with Crippen molar-refractivity contribution in [2.75, 3.05) is 5.43 Å². The van der Waals surface area contributed by atoms with E-state index >= 15 is 0 Å². The Kier molecular flexibility index (Phi) is 3.43. The second-order valence-corrected chi connectivity index (χ2v) is 3.80. The Morgan fingerprint density at radius 3 is 2.61 bits per heavy atom. The number of benzene rings is 1. The van der Waals surface area contributed by atoms with Gasteiger partial charge >= 0.3 is 5.97 Å². The standard InChI is InChI=1S/C13H13N3O2/c1-16-8-2-3-12(16)9-14-15-11-6-4-10(5-7-11)13(17)18/h2-9,15H,1H3,(H,17,18)/b14-9-. The number of rotatable bonds is 4. The van der Waals surface area contributed by atoms with Gasteiger partial charge < -0.3 is 9.67 Å². The van der Waals surface area contributed by atoms with Gasteiger partial charge in [-0.2, -0.15) is 5.10 Å². The van der Waals surface area contributed by atoms with Crippen LogP contribution in [-0.2, 0) is 7.05 Å². The predicted molar refractivity (Wildman–Crippen MR) is 70.0 cm³/mol. The molecule has 0 aliphatic heterocycles. The molecular weight excluding hydrogens is 230 g/mol. The van der Waals surface area contributed by atoms with Crippen LogP contribution in [0.3, 0.4) is 0 Å². The molecule has 0 bridgehead atoms. The van der Waals surface area contributed by atoms with Crippen molar-refractivity contribution in [2.24, 2.45) is 12.1 Å². The topological polar surface area (TPSA) is 66.6 Å². The maximum atomic E-state index is 10.7. The number of nitrogens with zero attached hydrogens (tertiary/aromatic N) is 2. The largest absolute Gasteiger partial charge is 0.478 e. The molecule has 5 heteroatoms. The molecule has 0 aliphatic carbocycles. The maximum absolute atomic E-state index is 10.7. The average molecular weight is 243 g/mol. The number of anilines is 1. The normalized spacial score (nSPS) is 10.7. The molecule has 2 N–H and O–H groups in total. The Bertz CT molecular complexity index is 570. The predicted octanol–water partition coefficient (Wildman–Crippen LogP) is 2.17. The molecule has 0 aliphatic rings. The first-order chi connectivity index (χ1) is 8.66. The van der Waals surface area contributed by atoms with E-state index in [0.717, 1.165) is 11.4 Å². The molecule has 0 saturated heterocycles. The second kappa shape index (κ2) is 5.18. The number of hydrogen-bond acceptors (Lipinski definition) is 3. The highest BCUT2D eigenvalue weighted by Crippen LogP contribution is 2.09. The number of nitrogens with one attached hydrogen (secondary N) is 1. The number of aromatic carboxylic acids is 1. The second-order valence-electron chi connectivity index (χ2n) is 3.80. The lowest BCUT2D eigenvalue weighted by Crippen LogP contribution is -1.97. The molecular formula is C13H13N3O2. The molecule has 0 amide bonds. The van der Waals surface area contributed by atoms with Gasteiger partial charge in [0.05, 0.1) is 23.2 Å². The smallest absolute Gasteiger partial charge is 0.335 e. The van der Waals surface area contributed by atoms with E-state index in [4.69, 9.17) is 5.11 Å². The summed E-state index contributed by atoms with van der Waals surface area (Å²) in [5.74, 6) is -0.936. The summed E-state index contributed by atoms with van der Waals surface area (Å²) >= 11 is 0. The van der Waals surface area contributed by atoms with Crippen LogP contribution in [0.5, 0.6) is 0 Å². The Balaban J connectivity index is 2.00. The van der Waals surface area contributed by atoms with Crippen molar-refractivity contribution in [3.05, 3.63) is 53.9 Å². The molecule has 0 saturated carbocycles. The molecule has 0 fully saturated rings. The Hall–Kier alpha value is -2.56. The molecule has 1 heterocycles. The third kappa shape index (κ3) is 2.76. The van der Waals surface area contributed by atoms with Crippen molar-refractivity contribution in [1.29, 1.82) is 0 Å². The lowest BCUT2D eigenvalue weighted by atomic mass is 10.2. The molecule has 0 atom stereocenters. The van der Waals surface area contributed by atoms with Gasteiger partial charge in [-0.3, -0.25) is 5.43 Å². The van der Waals surface area contributed by atoms with Gasteiger partial charge in [-0.15, -0.1) is 0 Å². The van der Waals surface area contributed by atoms with E-state index in [0.29, 0.717) is 0 Å². The summed E-state index contributed by atoms with van der Waals surface area (Å²) in [7, 11) is 1.93. The minimum absolute atomic E-state index is 0.256. The van der Waals surface area contributed by atoms with Crippen LogP contribution in [-0.4, -0.2) is 21.9 Å². The van der Waals surface area contributed by atoms with Gasteiger partial charge in [-0.1, -0.05) is 0 Å². The molecule has 2 aromatic rings. The van der Waals surface area contributed by atoms with Crippen LogP contribution in [0.1, 0.15) is 16.1 Å². The number of carboxylic acids is 1. The van der Waals surface area contributed by atoms with E-state index in [-0.39, 0.29) is 5.56 Å². The van der Waals surface area contributed by atoms with Crippen molar-refractivity contribution >= 4 is 17.9 Å². The Labute approximate surface area is 104 Å². The number of aromatic nitrogens is 1. The lowest BCUT2D eigenvalue weighted by Gasteiger charge is -2.01. The van der Waals surface area contributed by atoms with Gasteiger partial charge in [-0.05, 0) is 36.4 Å². The fourth-order valence-corrected chi connectivity index (χ4v) is 1.47. The molecule has 2 rings (SSSR count). The van der Waals surface area contributed by atoms with E-state index in [9.17, 15) is 4.79 Å². The first kappa shape index (κ1) is 11.9. The quantitative estimate of drug-likeness (QED) is 0.638. The van der Waals surface area contributed by atoms with E-state index in [2.05, 4.69) is 10.5 Å². The number of hydrazone groups is 1. The van der Waals surface area contributed by atoms with Crippen LogP contribution in [0, 0.1) is 0 Å². The molecule has 0 radical (unpaired) electrons. The number of carboxylic acid groups (broad SMARTS) is 1. The van der Waals surface area contributed by atoms with Crippen LogP contribution >= 0.6 is 0 Å². The summed E-state index contributed by atoms with van der Waals surface area (Å²) in [5, 5.41) is 12.8. The van der Waals surface area contributed by atoms with Crippen LogP contribution < -0.4 is 5.43 Å². The fraction of sp³-hybridized carbons (Fsp3) is 0.0769. The maximum Gasteiger partial charge on any atom is 0.335 e. The summed E-state index contributed by atoms with van der Waals surface area (Å²) in [4.78, 5) is 10.7. The molecule has 1 aromatic carbocycles. The SMILES string of the molecule is Cn1cccc1/C=N\Nc1ccc(C(=O)O)cc1. The first-order valence-corrected chi connectivity index (χ1v) is 5.40. The summed E-state index contributed by atoms with van der Waals surface area (Å²) in [5.41, 5.74) is 4.81. The van der Waals surface area contributed by atoms with E-state index in [1.165, 1.54) is 12.1 Å². The van der Waals surface area contributed by atoms with Gasteiger partial charge in [0, 0.05) is 13.2 Å². The zero-order valence-corrected chi connectivity index (χ0v) is 9.87. The van der Waals surface area contributed by atoms with E-state index in [1.54, 1.807) is 18.3 Å². The zero-order chi connectivity index (χ0) is 13.0. The van der Waals surface area contributed by atoms with Crippen LogP contribution in [0.4, 0.5) is 5.69 Å². The minimum Gasteiger partial charge on any atom is -0.478 e. The third-order valence-corrected chi connectivity index (χ3v) is 2.51. The van der Waals surface area contributed by atoms with Gasteiger partial charge in [0.1, 0.15) is 0 Å². The van der Waals surface area contributed by atoms with Crippen molar-refractivity contribution in [2.45, 2.75) is 0 Å². The molecule has 0 spiro atoms. The van der Waals surface area contributed by atoms with Gasteiger partial charge in [-0.25, -0.2) is 4.79 Å². The van der Waals surface area contributed by atoms with Crippen molar-refractivity contribution in [1.82, 2.24) is 4.57 Å². The molecule has 18 heavy (non-hydrogen) atoms. The Morgan fingerprint density at radius 1 is 1.33 bits per heavy atom. The number of hydrogen-bond donors (Lipinski definition) is 2. The molecule has 5 nitrogen and oxygen atoms in total. The van der Waals surface area contributed by atoms with E-state index < -0.39 is 5.97 Å². The number of aryl methyl sites for hydroxylation is 1. The zero-order valence-electron chi connectivity index (χ0n) is 9.87. The van der Waals surface area contributed by atoms with Crippen molar-refractivity contribution < 1.29 is 9.90 Å². The van der Waals surface area contributed by atoms with Crippen molar-refractivity contribution in [3.8, 4) is 0 Å². The molecule has 1 aromatic heterocycles. The van der Waals surface area contributed by atoms with Crippen molar-refractivity contribution in [3.63, 3.8) is 0 Å². The Morgan fingerprint density at radius 2 is 2.06 bits per heavy atom. The third-order valence-electron chi connectivity index (χ3n) is 2.51. The van der Waals surface area contributed by atoms with Gasteiger partial charge in [0.2, 0.25) is 0 Å². The van der Waals surface area contributed by atoms with Crippen LogP contribution in [0.2, 0.25) is 0 Å². The molecule has 92 valence electrons. The first-order valence-electron chi connectivity index (χ1n) is 5.40. The highest BCUT2D eigenvalue weighted by Gasteiger charge is 2.00. The summed E-state index contributed by atoms with van der Waals surface area (Å²) in [6, 6.07) is 10.3. The highest BCUT2D eigenvalue weighted by atomic mass is 16.4. The minimum atomic E-state index is -0.936. The van der Waals surface area contributed by atoms with Crippen LogP contribution in [0.25, 0.3) is 0 Å². The van der Waals surface area contributed by atoms with Crippen LogP contribution in [0.15, 0.2) is 47.7 Å². The highest BCUT2D eigenvalue weighted by molar-refractivity contribution is 5.88. The number of carbonyl (C=O) groups is 1. The summed E-state index contributed by atoms with van der Waals surface area (Å²) < 4.78 is 1.94. The van der Waals surface area contributed by atoms with Gasteiger partial charge in [0.25, 0.3) is 0 Å². The monoisotopic (exact) mass is 243 g/mol. The molecule has 0 unspecified atom stereocenters. The summed E-state index contributed by atoms with van der Waals surface area (Å²) in [6.45, 7) is 0. The lowest BCUT2D eigenvalue weighted by molar-refractivity contribution is 0.0697. The summed E-state index contributed by atoms with van der Waals surface area (Å²) in [6.07, 6.45) is 3.63. The van der Waals surface area contributed by atoms with E-state index in [1.807, 2.05) is 29.9 Å². The fourth-order valence-electron chi connectivity index (χ4n) is 1.47. The average Bonchev–Trinajstić information content (AvgIpc) is 2.76. The van der Waals surface area contributed by atoms with Gasteiger partial charge in [0.15, 0.2) is 0 Å².